The van der Waals surface area contributed by atoms with E-state index in [0.29, 0.717) is 16.6 Å². The van der Waals surface area contributed by atoms with E-state index in [1.165, 1.54) is 12.4 Å². The van der Waals surface area contributed by atoms with Gasteiger partial charge in [-0.15, -0.1) is 0 Å². The minimum atomic E-state index is -0.644. The van der Waals surface area contributed by atoms with Crippen molar-refractivity contribution in [2.45, 2.75) is 76.4 Å². The van der Waals surface area contributed by atoms with Gasteiger partial charge >= 0.3 is 5.97 Å². The van der Waals surface area contributed by atoms with E-state index in [4.69, 9.17) is 27.9 Å². The van der Waals surface area contributed by atoms with Crippen LogP contribution in [0.5, 0.6) is 0 Å². The molecule has 0 saturated heterocycles. The first-order valence-electron chi connectivity index (χ1n) is 13.4. The first kappa shape index (κ1) is 28.1. The fraction of sp³-hybridized carbons (Fsp3) is 0.448. The lowest BCUT2D eigenvalue weighted by Gasteiger charge is -2.46. The largest absolute Gasteiger partial charge is 0.461 e. The van der Waals surface area contributed by atoms with Gasteiger partial charge in [0.15, 0.2) is 5.78 Å². The molecule has 3 aliphatic rings. The number of amides is 1. The van der Waals surface area contributed by atoms with Crippen molar-refractivity contribution in [1.29, 1.82) is 0 Å². The topological polar surface area (TPSA) is 97.4 Å². The molecule has 3 aliphatic carbocycles. The number of aromatic nitrogens is 1. The third kappa shape index (κ3) is 5.88. The smallest absolute Gasteiger partial charge is 0.329 e. The number of esters is 1. The molecule has 0 unspecified atom stereocenters. The summed E-state index contributed by atoms with van der Waals surface area (Å²) in [5, 5.41) is 6.55. The van der Waals surface area contributed by atoms with Crippen LogP contribution in [0.2, 0.25) is 10.0 Å². The molecule has 0 aliphatic heterocycles. The molecular formula is C29H30BrCl2N3O4. The number of allylic oxidation sites excluding steroid dienone is 2. The van der Waals surface area contributed by atoms with Gasteiger partial charge in [-0.2, -0.15) is 0 Å². The number of halogens is 3. The summed E-state index contributed by atoms with van der Waals surface area (Å²) in [6.07, 6.45) is 11.6. The zero-order chi connectivity index (χ0) is 27.6. The predicted molar refractivity (Wildman–Crippen MR) is 154 cm³/mol. The summed E-state index contributed by atoms with van der Waals surface area (Å²) in [6.45, 7) is 0. The second-order valence-electron chi connectivity index (χ2n) is 10.5. The molecule has 0 bridgehead atoms. The van der Waals surface area contributed by atoms with Crippen LogP contribution in [0.1, 0.15) is 73.7 Å². The highest BCUT2D eigenvalue weighted by Crippen LogP contribution is 2.53. The molecule has 7 nitrogen and oxygen atoms in total. The average molecular weight is 635 g/mol. The molecule has 1 aromatic carbocycles. The number of hydrogen-bond acceptors (Lipinski definition) is 6. The van der Waals surface area contributed by atoms with Crippen LogP contribution in [0.25, 0.3) is 0 Å². The third-order valence-corrected chi connectivity index (χ3v) is 9.29. The molecule has 2 aromatic rings. The van der Waals surface area contributed by atoms with Gasteiger partial charge in [0.05, 0.1) is 25.5 Å². The Balaban J connectivity index is 1.32. The Morgan fingerprint density at radius 3 is 2.31 bits per heavy atom. The molecule has 1 amide bonds. The summed E-state index contributed by atoms with van der Waals surface area (Å²) in [6, 6.07) is 6.60. The van der Waals surface area contributed by atoms with Gasteiger partial charge in [0.1, 0.15) is 12.1 Å². The Morgan fingerprint density at radius 2 is 1.67 bits per heavy atom. The summed E-state index contributed by atoms with van der Waals surface area (Å²) >= 11 is 15.7. The van der Waals surface area contributed by atoms with E-state index in [2.05, 4.69) is 31.5 Å². The van der Waals surface area contributed by atoms with Crippen LogP contribution < -0.4 is 10.6 Å². The van der Waals surface area contributed by atoms with Gasteiger partial charge in [-0.05, 0) is 72.2 Å². The van der Waals surface area contributed by atoms with Crippen LogP contribution in [0.4, 0.5) is 5.69 Å². The molecular weight excluding hydrogens is 605 g/mol. The molecule has 10 heteroatoms. The van der Waals surface area contributed by atoms with Crippen LogP contribution in [0.3, 0.4) is 0 Å². The molecule has 0 radical (unpaired) electrons. The average Bonchev–Trinajstić information content (AvgIpc) is 3.44. The van der Waals surface area contributed by atoms with Gasteiger partial charge in [0, 0.05) is 30.2 Å². The number of Topliss-reactive ketones (excluding diaryl/α,β-unsaturated/α-hetero) is 1. The lowest BCUT2D eigenvalue weighted by molar-refractivity contribution is -0.151. The Labute approximate surface area is 246 Å². The monoisotopic (exact) mass is 633 g/mol. The highest BCUT2D eigenvalue weighted by atomic mass is 79.9. The number of benzene rings is 1. The first-order valence-corrected chi connectivity index (χ1v) is 14.9. The maximum Gasteiger partial charge on any atom is 0.329 e. The lowest BCUT2D eigenvalue weighted by atomic mass is 9.62. The van der Waals surface area contributed by atoms with Gasteiger partial charge in [-0.25, -0.2) is 4.79 Å². The van der Waals surface area contributed by atoms with Gasteiger partial charge in [0.2, 0.25) is 0 Å². The van der Waals surface area contributed by atoms with Gasteiger partial charge < -0.3 is 15.4 Å². The molecule has 1 spiro atoms. The second-order valence-corrected chi connectivity index (χ2v) is 12.1. The van der Waals surface area contributed by atoms with E-state index in [1.807, 2.05) is 12.1 Å². The molecule has 1 heterocycles. The summed E-state index contributed by atoms with van der Waals surface area (Å²) < 4.78 is 6.43. The van der Waals surface area contributed by atoms with Crippen LogP contribution in [0, 0.1) is 5.41 Å². The highest BCUT2D eigenvalue weighted by molar-refractivity contribution is 9.12. The number of ether oxygens (including phenoxy) is 1. The number of hydrogen-bond donors (Lipinski definition) is 2. The molecule has 206 valence electrons. The Kier molecular flexibility index (Phi) is 8.64. The van der Waals surface area contributed by atoms with E-state index in [1.54, 1.807) is 12.1 Å². The number of carbonyl (C=O) groups is 3. The van der Waals surface area contributed by atoms with Crippen LogP contribution in [-0.4, -0.2) is 34.8 Å². The van der Waals surface area contributed by atoms with Crippen molar-refractivity contribution in [3.05, 3.63) is 68.0 Å². The van der Waals surface area contributed by atoms with Crippen LogP contribution in [0.15, 0.2) is 46.8 Å². The first-order chi connectivity index (χ1) is 18.8. The van der Waals surface area contributed by atoms with E-state index in [-0.39, 0.29) is 33.5 Å². The minimum Gasteiger partial charge on any atom is -0.461 e. The van der Waals surface area contributed by atoms with Gasteiger partial charge in [0.25, 0.3) is 5.91 Å². The zero-order valence-corrected chi connectivity index (χ0v) is 24.5. The summed E-state index contributed by atoms with van der Waals surface area (Å²) in [4.78, 5) is 42.9. The SMILES string of the molecule is O=C(Nc1ccc(C[C@H](NC2=C(Br)C(=O)C23CCCCC3)C(=O)OC2CCCC2)cc1)c1c(Cl)cncc1Cl. The van der Waals surface area contributed by atoms with Crippen molar-refractivity contribution in [3.8, 4) is 0 Å². The van der Waals surface area contributed by atoms with E-state index in [0.717, 1.165) is 69.0 Å². The Bertz CT molecular complexity index is 1280. The number of carbonyl (C=O) groups excluding carboxylic acids is 3. The Morgan fingerprint density at radius 1 is 1.03 bits per heavy atom. The predicted octanol–water partition coefficient (Wildman–Crippen LogP) is 6.77. The lowest BCUT2D eigenvalue weighted by Crippen LogP contribution is -2.53. The fourth-order valence-electron chi connectivity index (χ4n) is 5.82. The third-order valence-electron chi connectivity index (χ3n) is 7.96. The summed E-state index contributed by atoms with van der Waals surface area (Å²) in [5.41, 5.74) is 1.90. The van der Waals surface area contributed by atoms with Crippen molar-refractivity contribution in [3.63, 3.8) is 0 Å². The molecule has 1 atom stereocenters. The zero-order valence-electron chi connectivity index (χ0n) is 21.4. The number of ketones is 1. The normalized spacial score (nSPS) is 19.5. The number of nitrogens with one attached hydrogen (secondary N) is 2. The quantitative estimate of drug-likeness (QED) is 0.311. The van der Waals surface area contributed by atoms with Crippen molar-refractivity contribution in [2.24, 2.45) is 5.41 Å². The van der Waals surface area contributed by atoms with Crippen molar-refractivity contribution >= 4 is 62.5 Å². The van der Waals surface area contributed by atoms with E-state index >= 15 is 0 Å². The number of rotatable bonds is 8. The maximum absolute atomic E-state index is 13.4. The van der Waals surface area contributed by atoms with Gasteiger partial charge in [-0.1, -0.05) is 54.6 Å². The van der Waals surface area contributed by atoms with Crippen molar-refractivity contribution in [1.82, 2.24) is 10.3 Å². The van der Waals surface area contributed by atoms with E-state index in [9.17, 15) is 14.4 Å². The van der Waals surface area contributed by atoms with Crippen molar-refractivity contribution < 1.29 is 19.1 Å². The van der Waals surface area contributed by atoms with Crippen LogP contribution >= 0.6 is 39.1 Å². The summed E-state index contributed by atoms with van der Waals surface area (Å²) in [7, 11) is 0. The molecule has 5 rings (SSSR count). The van der Waals surface area contributed by atoms with Crippen molar-refractivity contribution in [2.75, 3.05) is 5.32 Å². The number of nitrogens with zero attached hydrogens (tertiary/aromatic N) is 1. The van der Waals surface area contributed by atoms with Crippen LogP contribution in [-0.2, 0) is 20.7 Å². The highest BCUT2D eigenvalue weighted by Gasteiger charge is 2.54. The molecule has 2 saturated carbocycles. The fourth-order valence-corrected chi connectivity index (χ4v) is 7.23. The standard InChI is InChI=1S/C29H30BrCl2N3O4/c30-24-25(29(26(24)36)12-4-1-5-13-29)35-22(28(38)39-19-6-2-3-7-19)14-17-8-10-18(11-9-17)34-27(37)23-20(31)15-33-16-21(23)32/h8-11,15-16,19,22,35H,1-7,12-14H2,(H,34,37)/t22-/m0/s1. The van der Waals surface area contributed by atoms with E-state index < -0.39 is 17.4 Å². The minimum absolute atomic E-state index is 0.0599. The molecule has 2 N–H and O–H groups in total. The number of anilines is 1. The van der Waals surface area contributed by atoms with Gasteiger partial charge in [-0.3, -0.25) is 14.6 Å². The second kappa shape index (κ2) is 12.0. The molecule has 2 fully saturated rings. The Hall–Kier alpha value is -2.42. The molecule has 1 aromatic heterocycles. The maximum atomic E-state index is 13.4. The molecule has 39 heavy (non-hydrogen) atoms. The number of pyridine rings is 1. The summed E-state index contributed by atoms with van der Waals surface area (Å²) in [5.74, 6) is -0.620.